The van der Waals surface area contributed by atoms with E-state index in [2.05, 4.69) is 56.3 Å². The first-order valence-corrected chi connectivity index (χ1v) is 7.35. The third kappa shape index (κ3) is 5.33. The van der Waals surface area contributed by atoms with Crippen LogP contribution < -0.4 is 5.32 Å². The maximum atomic E-state index is 4.39. The molecule has 1 N–H and O–H groups in total. The lowest BCUT2D eigenvalue weighted by Crippen LogP contribution is -2.28. The van der Waals surface area contributed by atoms with Gasteiger partial charge in [-0.1, -0.05) is 0 Å². The monoisotopic (exact) mass is 266 g/mol. The summed E-state index contributed by atoms with van der Waals surface area (Å²) in [4.78, 5) is 2.40. The minimum atomic E-state index is 0.386. The van der Waals surface area contributed by atoms with Crippen LogP contribution in [-0.4, -0.2) is 40.9 Å². The SMILES string of the molecule is Cc1nn(C)cc1C(C)NCCCCN(C)C(C)C. The number of rotatable bonds is 8. The molecule has 1 heterocycles. The molecule has 0 saturated carbocycles. The van der Waals surface area contributed by atoms with Gasteiger partial charge in [0.25, 0.3) is 0 Å². The van der Waals surface area contributed by atoms with Crippen LogP contribution in [0.3, 0.4) is 0 Å². The fourth-order valence-electron chi connectivity index (χ4n) is 2.22. The molecule has 0 aliphatic carbocycles. The van der Waals surface area contributed by atoms with E-state index in [-0.39, 0.29) is 0 Å². The van der Waals surface area contributed by atoms with Crippen LogP contribution in [0, 0.1) is 6.92 Å². The number of unbranched alkanes of at least 4 members (excludes halogenated alkanes) is 1. The Bertz CT molecular complexity index is 370. The van der Waals surface area contributed by atoms with Crippen LogP contribution in [0.4, 0.5) is 0 Å². The first-order valence-electron chi connectivity index (χ1n) is 7.35. The highest BCUT2D eigenvalue weighted by molar-refractivity contribution is 5.19. The van der Waals surface area contributed by atoms with Gasteiger partial charge in [0.1, 0.15) is 0 Å². The Kier molecular flexibility index (Phi) is 6.52. The van der Waals surface area contributed by atoms with Crippen LogP contribution in [0.1, 0.15) is 50.9 Å². The summed E-state index contributed by atoms with van der Waals surface area (Å²) in [5, 5.41) is 7.97. The van der Waals surface area contributed by atoms with Gasteiger partial charge in [-0.25, -0.2) is 0 Å². The average molecular weight is 266 g/mol. The molecule has 1 rings (SSSR count). The van der Waals surface area contributed by atoms with Crippen molar-refractivity contribution in [3.8, 4) is 0 Å². The van der Waals surface area contributed by atoms with Crippen molar-refractivity contribution >= 4 is 0 Å². The van der Waals surface area contributed by atoms with E-state index in [0.29, 0.717) is 12.1 Å². The Hall–Kier alpha value is -0.870. The molecule has 4 heteroatoms. The summed E-state index contributed by atoms with van der Waals surface area (Å²) in [5.74, 6) is 0. The fourth-order valence-corrected chi connectivity index (χ4v) is 2.22. The molecule has 1 aromatic heterocycles. The van der Waals surface area contributed by atoms with Gasteiger partial charge in [-0.2, -0.15) is 5.10 Å². The highest BCUT2D eigenvalue weighted by atomic mass is 15.3. The van der Waals surface area contributed by atoms with Gasteiger partial charge in [0.15, 0.2) is 0 Å². The van der Waals surface area contributed by atoms with Gasteiger partial charge in [-0.05, 0) is 60.7 Å². The number of hydrogen-bond acceptors (Lipinski definition) is 3. The molecule has 110 valence electrons. The minimum Gasteiger partial charge on any atom is -0.310 e. The lowest BCUT2D eigenvalue weighted by Gasteiger charge is -2.21. The van der Waals surface area contributed by atoms with Gasteiger partial charge in [-0.15, -0.1) is 0 Å². The van der Waals surface area contributed by atoms with Gasteiger partial charge >= 0.3 is 0 Å². The largest absolute Gasteiger partial charge is 0.310 e. The molecule has 0 fully saturated rings. The van der Waals surface area contributed by atoms with E-state index >= 15 is 0 Å². The van der Waals surface area contributed by atoms with E-state index in [9.17, 15) is 0 Å². The van der Waals surface area contributed by atoms with Crippen LogP contribution in [0.5, 0.6) is 0 Å². The fraction of sp³-hybridized carbons (Fsp3) is 0.800. The third-order valence-electron chi connectivity index (χ3n) is 3.79. The molecule has 0 bridgehead atoms. The topological polar surface area (TPSA) is 33.1 Å². The number of nitrogens with zero attached hydrogens (tertiary/aromatic N) is 3. The zero-order valence-corrected chi connectivity index (χ0v) is 13.4. The lowest BCUT2D eigenvalue weighted by atomic mass is 10.1. The van der Waals surface area contributed by atoms with Crippen LogP contribution in [0.25, 0.3) is 0 Å². The van der Waals surface area contributed by atoms with Crippen molar-refractivity contribution in [2.45, 2.75) is 52.6 Å². The molecule has 0 spiro atoms. The number of hydrogen-bond donors (Lipinski definition) is 1. The van der Waals surface area contributed by atoms with E-state index in [1.54, 1.807) is 0 Å². The Morgan fingerprint density at radius 2 is 2.00 bits per heavy atom. The Morgan fingerprint density at radius 3 is 2.53 bits per heavy atom. The van der Waals surface area contributed by atoms with Crippen LogP contribution in [0.2, 0.25) is 0 Å². The summed E-state index contributed by atoms with van der Waals surface area (Å²) in [6.07, 6.45) is 4.58. The van der Waals surface area contributed by atoms with Crippen molar-refractivity contribution in [1.82, 2.24) is 20.0 Å². The van der Waals surface area contributed by atoms with E-state index in [4.69, 9.17) is 0 Å². The van der Waals surface area contributed by atoms with Crippen molar-refractivity contribution in [2.75, 3.05) is 20.1 Å². The average Bonchev–Trinajstić information content (AvgIpc) is 2.67. The predicted molar refractivity (Wildman–Crippen MR) is 81.4 cm³/mol. The molecule has 0 aliphatic rings. The molecule has 1 aromatic rings. The predicted octanol–water partition coefficient (Wildman–Crippen LogP) is 2.50. The van der Waals surface area contributed by atoms with E-state index in [1.807, 2.05) is 11.7 Å². The Balaban J connectivity index is 2.21. The summed E-state index contributed by atoms with van der Waals surface area (Å²) in [7, 11) is 4.17. The van der Waals surface area contributed by atoms with Gasteiger partial charge in [0.05, 0.1) is 5.69 Å². The van der Waals surface area contributed by atoms with Crippen LogP contribution >= 0.6 is 0 Å². The minimum absolute atomic E-state index is 0.386. The van der Waals surface area contributed by atoms with Crippen molar-refractivity contribution in [3.63, 3.8) is 0 Å². The summed E-state index contributed by atoms with van der Waals surface area (Å²) >= 11 is 0. The number of aryl methyl sites for hydroxylation is 2. The first-order chi connectivity index (χ1) is 8.91. The molecule has 0 amide bonds. The quantitative estimate of drug-likeness (QED) is 0.734. The van der Waals surface area contributed by atoms with Crippen molar-refractivity contribution in [2.24, 2.45) is 7.05 Å². The standard InChI is InChI=1S/C15H30N4/c1-12(2)18(5)10-8-7-9-16-13(3)15-11-19(6)17-14(15)4/h11-13,16H,7-10H2,1-6H3. The zero-order chi connectivity index (χ0) is 14.4. The molecule has 1 atom stereocenters. The highest BCUT2D eigenvalue weighted by Crippen LogP contribution is 2.15. The maximum Gasteiger partial charge on any atom is 0.0641 e. The summed E-state index contributed by atoms with van der Waals surface area (Å²) in [5.41, 5.74) is 2.43. The molecular formula is C15H30N4. The van der Waals surface area contributed by atoms with Crippen molar-refractivity contribution in [1.29, 1.82) is 0 Å². The number of nitrogens with one attached hydrogen (secondary N) is 1. The molecular weight excluding hydrogens is 236 g/mol. The molecule has 0 aliphatic heterocycles. The number of aromatic nitrogens is 2. The second kappa shape index (κ2) is 7.65. The second-order valence-corrected chi connectivity index (χ2v) is 5.80. The maximum absolute atomic E-state index is 4.39. The van der Waals surface area contributed by atoms with Crippen molar-refractivity contribution < 1.29 is 0 Å². The molecule has 0 radical (unpaired) electrons. The van der Waals surface area contributed by atoms with Gasteiger partial charge in [0, 0.05) is 30.9 Å². The van der Waals surface area contributed by atoms with E-state index in [0.717, 1.165) is 12.2 Å². The van der Waals surface area contributed by atoms with E-state index < -0.39 is 0 Å². The van der Waals surface area contributed by atoms with Crippen LogP contribution in [0.15, 0.2) is 6.20 Å². The lowest BCUT2D eigenvalue weighted by molar-refractivity contribution is 0.267. The molecule has 0 saturated heterocycles. The van der Waals surface area contributed by atoms with Gasteiger partial charge in [0.2, 0.25) is 0 Å². The smallest absolute Gasteiger partial charge is 0.0641 e. The first kappa shape index (κ1) is 16.2. The molecule has 1 unspecified atom stereocenters. The van der Waals surface area contributed by atoms with Crippen molar-refractivity contribution in [3.05, 3.63) is 17.5 Å². The highest BCUT2D eigenvalue weighted by Gasteiger charge is 2.10. The van der Waals surface area contributed by atoms with Crippen LogP contribution in [-0.2, 0) is 7.05 Å². The summed E-state index contributed by atoms with van der Waals surface area (Å²) in [6, 6.07) is 1.03. The third-order valence-corrected chi connectivity index (χ3v) is 3.79. The molecule has 0 aromatic carbocycles. The normalized spacial score (nSPS) is 13.5. The Morgan fingerprint density at radius 1 is 1.32 bits per heavy atom. The van der Waals surface area contributed by atoms with E-state index in [1.165, 1.54) is 24.9 Å². The van der Waals surface area contributed by atoms with Gasteiger partial charge in [-0.3, -0.25) is 4.68 Å². The summed E-state index contributed by atoms with van der Waals surface area (Å²) in [6.45, 7) is 11.0. The van der Waals surface area contributed by atoms with Gasteiger partial charge < -0.3 is 10.2 Å². The second-order valence-electron chi connectivity index (χ2n) is 5.80. The molecule has 19 heavy (non-hydrogen) atoms. The molecule has 4 nitrogen and oxygen atoms in total. The summed E-state index contributed by atoms with van der Waals surface area (Å²) < 4.78 is 1.89. The Labute approximate surface area is 118 Å². The zero-order valence-electron chi connectivity index (χ0n) is 13.4.